The first kappa shape index (κ1) is 17.6. The lowest BCUT2D eigenvalue weighted by molar-refractivity contribution is 1.07. The molecule has 7 heteroatoms. The normalized spacial score (nSPS) is 11.5. The largest absolute Gasteiger partial charge is 0.353 e. The summed E-state index contributed by atoms with van der Waals surface area (Å²) in [4.78, 5) is 16.7. The van der Waals surface area contributed by atoms with Crippen molar-refractivity contribution in [2.24, 2.45) is 0 Å². The average Bonchev–Trinajstić information content (AvgIpc) is 3.50. The summed E-state index contributed by atoms with van der Waals surface area (Å²) < 4.78 is 2.05. The van der Waals surface area contributed by atoms with Crippen LogP contribution in [0, 0.1) is 13.8 Å². The number of rotatable bonds is 3. The van der Waals surface area contributed by atoms with Crippen molar-refractivity contribution in [1.82, 2.24) is 34.7 Å². The second-order valence-electron chi connectivity index (χ2n) is 7.73. The summed E-state index contributed by atoms with van der Waals surface area (Å²) in [7, 11) is 0. The Bertz CT molecular complexity index is 1570. The Morgan fingerprint density at radius 1 is 0.968 bits per heavy atom. The van der Waals surface area contributed by atoms with Gasteiger partial charge in [-0.1, -0.05) is 6.07 Å². The van der Waals surface area contributed by atoms with Gasteiger partial charge in [-0.25, -0.2) is 9.97 Å². The maximum Gasteiger partial charge on any atom is 0.181 e. The standard InChI is InChI=1S/C24H19N7/c1-14-6-7-25-11-19(14)16-8-18-23(29-30-24(18)26-10-16)21-9-17-20(28-21)4-3-5-22(17)31-12-15(2)27-13-31/h3-13,28H,1-2H3,(H,26,29,30). The van der Waals surface area contributed by atoms with Crippen LogP contribution in [0.5, 0.6) is 0 Å². The van der Waals surface area contributed by atoms with Crippen molar-refractivity contribution in [2.75, 3.05) is 0 Å². The summed E-state index contributed by atoms with van der Waals surface area (Å²) in [5.41, 5.74) is 8.92. The number of H-pyrrole nitrogens is 2. The number of hydrogen-bond acceptors (Lipinski definition) is 4. The lowest BCUT2D eigenvalue weighted by Gasteiger charge is -2.04. The van der Waals surface area contributed by atoms with Crippen LogP contribution in [0.25, 0.3) is 50.1 Å². The molecular formula is C24H19N7. The molecule has 0 unspecified atom stereocenters. The van der Waals surface area contributed by atoms with Gasteiger partial charge in [0.15, 0.2) is 5.65 Å². The second-order valence-corrected chi connectivity index (χ2v) is 7.73. The van der Waals surface area contributed by atoms with Gasteiger partial charge < -0.3 is 9.55 Å². The summed E-state index contributed by atoms with van der Waals surface area (Å²) in [6.45, 7) is 4.07. The minimum Gasteiger partial charge on any atom is -0.353 e. The minimum absolute atomic E-state index is 0.685. The van der Waals surface area contributed by atoms with E-state index in [1.54, 1.807) is 6.20 Å². The zero-order chi connectivity index (χ0) is 20.9. The van der Waals surface area contributed by atoms with Gasteiger partial charge in [0.2, 0.25) is 0 Å². The maximum atomic E-state index is 4.57. The van der Waals surface area contributed by atoms with Crippen molar-refractivity contribution in [2.45, 2.75) is 13.8 Å². The highest BCUT2D eigenvalue weighted by molar-refractivity contribution is 5.98. The van der Waals surface area contributed by atoms with Crippen molar-refractivity contribution in [1.29, 1.82) is 0 Å². The smallest absolute Gasteiger partial charge is 0.181 e. The van der Waals surface area contributed by atoms with Gasteiger partial charge in [-0.2, -0.15) is 5.10 Å². The SMILES string of the molecule is Cc1cn(-c2cccc3[nH]c(-c4[nH]nc5ncc(-c6cnccc6C)cc45)cc23)cn1. The van der Waals surface area contributed by atoms with Gasteiger partial charge >= 0.3 is 0 Å². The van der Waals surface area contributed by atoms with Crippen LogP contribution in [0.1, 0.15) is 11.3 Å². The summed E-state index contributed by atoms with van der Waals surface area (Å²) in [5, 5.41) is 9.67. The third kappa shape index (κ3) is 2.82. The number of nitrogens with one attached hydrogen (secondary N) is 2. The zero-order valence-corrected chi connectivity index (χ0v) is 17.1. The van der Waals surface area contributed by atoms with Crippen molar-refractivity contribution in [3.05, 3.63) is 78.8 Å². The lowest BCUT2D eigenvalue weighted by atomic mass is 10.0. The number of aryl methyl sites for hydroxylation is 2. The first-order valence-electron chi connectivity index (χ1n) is 10.1. The number of imidazole rings is 1. The van der Waals surface area contributed by atoms with E-state index in [1.807, 2.05) is 48.5 Å². The molecule has 1 aromatic carbocycles. The Morgan fingerprint density at radius 3 is 2.74 bits per heavy atom. The number of aromatic nitrogens is 7. The Balaban J connectivity index is 1.52. The topological polar surface area (TPSA) is 88.1 Å². The van der Waals surface area contributed by atoms with Crippen LogP contribution < -0.4 is 0 Å². The molecule has 7 nitrogen and oxygen atoms in total. The second kappa shape index (κ2) is 6.63. The molecule has 150 valence electrons. The molecule has 0 bridgehead atoms. The molecule has 0 aliphatic carbocycles. The number of fused-ring (bicyclic) bond motifs is 2. The first-order chi connectivity index (χ1) is 15.2. The van der Waals surface area contributed by atoms with E-state index in [9.17, 15) is 0 Å². The Kier molecular flexibility index (Phi) is 3.76. The number of benzene rings is 1. The van der Waals surface area contributed by atoms with Crippen molar-refractivity contribution >= 4 is 21.9 Å². The lowest BCUT2D eigenvalue weighted by Crippen LogP contribution is -1.89. The summed E-state index contributed by atoms with van der Waals surface area (Å²) in [6.07, 6.45) is 9.40. The molecule has 0 amide bonds. The molecule has 5 heterocycles. The van der Waals surface area contributed by atoms with Crippen LogP contribution in [-0.2, 0) is 0 Å². The van der Waals surface area contributed by atoms with Gasteiger partial charge in [-0.05, 0) is 49.7 Å². The highest BCUT2D eigenvalue weighted by Crippen LogP contribution is 2.33. The van der Waals surface area contributed by atoms with Crippen LogP contribution >= 0.6 is 0 Å². The molecule has 5 aromatic heterocycles. The van der Waals surface area contributed by atoms with E-state index in [1.165, 1.54) is 0 Å². The molecule has 0 spiro atoms. The summed E-state index contributed by atoms with van der Waals surface area (Å²) in [6, 6.07) is 12.5. The van der Waals surface area contributed by atoms with E-state index < -0.39 is 0 Å². The van der Waals surface area contributed by atoms with Gasteiger partial charge in [0.05, 0.1) is 29.1 Å². The molecule has 0 aliphatic heterocycles. The Morgan fingerprint density at radius 2 is 1.90 bits per heavy atom. The molecule has 6 aromatic rings. The Labute approximate surface area is 177 Å². The molecule has 2 N–H and O–H groups in total. The van der Waals surface area contributed by atoms with Gasteiger partial charge in [0.25, 0.3) is 0 Å². The predicted octanol–water partition coefficient (Wildman–Crippen LogP) is 4.97. The van der Waals surface area contributed by atoms with Crippen LogP contribution in [0.3, 0.4) is 0 Å². The van der Waals surface area contributed by atoms with Gasteiger partial charge in [0, 0.05) is 52.2 Å². The summed E-state index contributed by atoms with van der Waals surface area (Å²) in [5.74, 6) is 0. The van der Waals surface area contributed by atoms with E-state index in [4.69, 9.17) is 0 Å². The number of aromatic amines is 2. The maximum absolute atomic E-state index is 4.57. The molecule has 0 fully saturated rings. The average molecular weight is 405 g/mol. The van der Waals surface area contributed by atoms with Crippen LogP contribution in [0.2, 0.25) is 0 Å². The van der Waals surface area contributed by atoms with Gasteiger partial charge in [0.1, 0.15) is 0 Å². The third-order valence-electron chi connectivity index (χ3n) is 5.66. The molecular weight excluding hydrogens is 386 g/mol. The molecule has 6 rings (SSSR count). The van der Waals surface area contributed by atoms with Crippen LogP contribution in [0.15, 0.2) is 67.5 Å². The van der Waals surface area contributed by atoms with Crippen LogP contribution in [-0.4, -0.2) is 34.7 Å². The number of hydrogen-bond donors (Lipinski definition) is 2. The molecule has 0 saturated carbocycles. The van der Waals surface area contributed by atoms with Crippen molar-refractivity contribution in [3.63, 3.8) is 0 Å². The number of pyridine rings is 2. The van der Waals surface area contributed by atoms with Gasteiger partial charge in [-0.3, -0.25) is 10.1 Å². The quantitative estimate of drug-likeness (QED) is 0.435. The fourth-order valence-electron chi connectivity index (χ4n) is 4.07. The fourth-order valence-corrected chi connectivity index (χ4v) is 4.07. The predicted molar refractivity (Wildman–Crippen MR) is 121 cm³/mol. The van der Waals surface area contributed by atoms with Crippen molar-refractivity contribution in [3.8, 4) is 28.2 Å². The molecule has 0 atom stereocenters. The third-order valence-corrected chi connectivity index (χ3v) is 5.66. The monoisotopic (exact) mass is 405 g/mol. The summed E-state index contributed by atoms with van der Waals surface area (Å²) >= 11 is 0. The highest BCUT2D eigenvalue weighted by atomic mass is 15.2. The van der Waals surface area contributed by atoms with E-state index in [-0.39, 0.29) is 0 Å². The molecule has 0 saturated heterocycles. The van der Waals surface area contributed by atoms with E-state index >= 15 is 0 Å². The van der Waals surface area contributed by atoms with E-state index in [2.05, 4.69) is 61.3 Å². The van der Waals surface area contributed by atoms with Crippen molar-refractivity contribution < 1.29 is 0 Å². The van der Waals surface area contributed by atoms with Crippen LogP contribution in [0.4, 0.5) is 0 Å². The molecule has 0 aliphatic rings. The highest BCUT2D eigenvalue weighted by Gasteiger charge is 2.15. The fraction of sp³-hybridized carbons (Fsp3) is 0.0833. The van der Waals surface area contributed by atoms with E-state index in [0.717, 1.165) is 55.7 Å². The van der Waals surface area contributed by atoms with Gasteiger partial charge in [-0.15, -0.1) is 0 Å². The van der Waals surface area contributed by atoms with E-state index in [0.29, 0.717) is 5.65 Å². The Hall–Kier alpha value is -4.26. The number of nitrogens with zero attached hydrogens (tertiary/aromatic N) is 5. The minimum atomic E-state index is 0.685. The molecule has 31 heavy (non-hydrogen) atoms. The molecule has 0 radical (unpaired) electrons. The first-order valence-corrected chi connectivity index (χ1v) is 10.1. The zero-order valence-electron chi connectivity index (χ0n) is 17.1.